The molecule has 1 aliphatic heterocycles. The fourth-order valence-electron chi connectivity index (χ4n) is 2.61. The minimum absolute atomic E-state index is 0.196. The van der Waals surface area contributed by atoms with E-state index in [-0.39, 0.29) is 6.09 Å². The van der Waals surface area contributed by atoms with Gasteiger partial charge in [-0.1, -0.05) is 0 Å². The van der Waals surface area contributed by atoms with Crippen LogP contribution < -0.4 is 5.32 Å². The Kier molecular flexibility index (Phi) is 4.93. The lowest BCUT2D eigenvalue weighted by molar-refractivity contribution is 0.0196. The second-order valence-electron chi connectivity index (χ2n) is 6.76. The van der Waals surface area contributed by atoms with Gasteiger partial charge in [0.25, 0.3) is 0 Å². The van der Waals surface area contributed by atoms with Gasteiger partial charge in [0.15, 0.2) is 0 Å². The highest BCUT2D eigenvalue weighted by atomic mass is 16.6. The molecule has 1 amide bonds. The number of rotatable bonds is 3. The number of H-pyrrole nitrogens is 1. The van der Waals surface area contributed by atoms with Crippen molar-refractivity contribution < 1.29 is 9.53 Å². The molecular formula is C16H27N3O2. The molecule has 0 spiro atoms. The van der Waals surface area contributed by atoms with Crippen molar-refractivity contribution in [3.05, 3.63) is 24.0 Å². The molecule has 1 aliphatic rings. The number of ether oxygens (including phenoxy) is 1. The van der Waals surface area contributed by atoms with Crippen molar-refractivity contribution in [1.82, 2.24) is 15.2 Å². The first-order valence-corrected chi connectivity index (χ1v) is 7.72. The van der Waals surface area contributed by atoms with Gasteiger partial charge >= 0.3 is 6.09 Å². The maximum atomic E-state index is 12.0. The van der Waals surface area contributed by atoms with Gasteiger partial charge in [-0.2, -0.15) is 0 Å². The third-order valence-corrected chi connectivity index (χ3v) is 3.72. The fourth-order valence-corrected chi connectivity index (χ4v) is 2.61. The summed E-state index contributed by atoms with van der Waals surface area (Å²) in [6.45, 7) is 9.37. The lowest BCUT2D eigenvalue weighted by Crippen LogP contribution is -2.47. The lowest BCUT2D eigenvalue weighted by atomic mass is 10.0. The zero-order valence-corrected chi connectivity index (χ0v) is 13.5. The molecule has 1 aromatic rings. The molecular weight excluding hydrogens is 266 g/mol. The summed E-state index contributed by atoms with van der Waals surface area (Å²) >= 11 is 0. The minimum Gasteiger partial charge on any atom is -0.444 e. The highest BCUT2D eigenvalue weighted by molar-refractivity contribution is 5.68. The predicted octanol–water partition coefficient (Wildman–Crippen LogP) is 3.06. The topological polar surface area (TPSA) is 57.4 Å². The van der Waals surface area contributed by atoms with E-state index in [2.05, 4.69) is 23.3 Å². The van der Waals surface area contributed by atoms with Crippen LogP contribution in [0.15, 0.2) is 18.3 Å². The summed E-state index contributed by atoms with van der Waals surface area (Å²) in [5.41, 5.74) is 0.776. The van der Waals surface area contributed by atoms with Crippen molar-refractivity contribution in [3.8, 4) is 0 Å². The Morgan fingerprint density at radius 1 is 1.43 bits per heavy atom. The van der Waals surface area contributed by atoms with Crippen LogP contribution in [0.25, 0.3) is 0 Å². The van der Waals surface area contributed by atoms with E-state index in [4.69, 9.17) is 4.74 Å². The van der Waals surface area contributed by atoms with Crippen LogP contribution in [-0.4, -0.2) is 40.7 Å². The summed E-state index contributed by atoms with van der Waals surface area (Å²) in [4.78, 5) is 17.0. The average Bonchev–Trinajstić information content (AvgIpc) is 2.91. The third kappa shape index (κ3) is 4.77. The molecule has 0 bridgehead atoms. The summed E-state index contributed by atoms with van der Waals surface area (Å²) in [6.07, 6.45) is 3.67. The lowest BCUT2D eigenvalue weighted by Gasteiger charge is -2.34. The number of aromatic nitrogens is 1. The van der Waals surface area contributed by atoms with Crippen molar-refractivity contribution >= 4 is 6.09 Å². The van der Waals surface area contributed by atoms with E-state index in [1.165, 1.54) is 5.69 Å². The van der Waals surface area contributed by atoms with Crippen LogP contribution in [0.2, 0.25) is 0 Å². The van der Waals surface area contributed by atoms with Crippen LogP contribution in [0.5, 0.6) is 0 Å². The van der Waals surface area contributed by atoms with Crippen LogP contribution in [-0.2, 0) is 4.74 Å². The van der Waals surface area contributed by atoms with Crippen molar-refractivity contribution in [2.75, 3.05) is 13.1 Å². The van der Waals surface area contributed by atoms with E-state index in [0.29, 0.717) is 12.1 Å². The highest BCUT2D eigenvalue weighted by Crippen LogP contribution is 2.18. The van der Waals surface area contributed by atoms with E-state index in [1.54, 1.807) is 0 Å². The molecule has 0 radical (unpaired) electrons. The number of carbonyl (C=O) groups is 1. The molecule has 0 aromatic carbocycles. The van der Waals surface area contributed by atoms with Gasteiger partial charge < -0.3 is 19.9 Å². The van der Waals surface area contributed by atoms with Gasteiger partial charge in [0.2, 0.25) is 0 Å². The maximum Gasteiger partial charge on any atom is 0.410 e. The van der Waals surface area contributed by atoms with E-state index in [9.17, 15) is 4.79 Å². The number of aromatic amines is 1. The molecule has 1 saturated heterocycles. The molecule has 1 aromatic heterocycles. The molecule has 21 heavy (non-hydrogen) atoms. The average molecular weight is 293 g/mol. The molecule has 5 nitrogen and oxygen atoms in total. The van der Waals surface area contributed by atoms with Crippen LogP contribution in [0, 0.1) is 0 Å². The van der Waals surface area contributed by atoms with Crippen LogP contribution in [0.3, 0.4) is 0 Å². The number of likely N-dealkylation sites (tertiary alicyclic amines) is 1. The van der Waals surface area contributed by atoms with E-state index < -0.39 is 5.60 Å². The molecule has 2 N–H and O–H groups in total. The van der Waals surface area contributed by atoms with Gasteiger partial charge in [-0.3, -0.25) is 0 Å². The van der Waals surface area contributed by atoms with Crippen molar-refractivity contribution in [2.24, 2.45) is 0 Å². The Bertz CT molecular complexity index is 443. The highest BCUT2D eigenvalue weighted by Gasteiger charge is 2.27. The van der Waals surface area contributed by atoms with Crippen molar-refractivity contribution in [1.29, 1.82) is 0 Å². The Hall–Kier alpha value is -1.49. The fraction of sp³-hybridized carbons (Fsp3) is 0.688. The minimum atomic E-state index is -0.422. The van der Waals surface area contributed by atoms with Crippen LogP contribution in [0.4, 0.5) is 4.79 Å². The number of carbonyl (C=O) groups excluding carboxylic acids is 1. The van der Waals surface area contributed by atoms with Crippen LogP contribution >= 0.6 is 0 Å². The van der Waals surface area contributed by atoms with Gasteiger partial charge in [0, 0.05) is 37.1 Å². The summed E-state index contributed by atoms with van der Waals surface area (Å²) in [5, 5.41) is 3.62. The number of amides is 1. The van der Waals surface area contributed by atoms with E-state index in [0.717, 1.165) is 25.9 Å². The molecule has 118 valence electrons. The zero-order chi connectivity index (χ0) is 15.5. The van der Waals surface area contributed by atoms with Crippen molar-refractivity contribution in [3.63, 3.8) is 0 Å². The standard InChI is InChI=1S/C16H27N3O2/c1-12(14-6-5-9-17-14)18-13-7-10-19(11-8-13)15(20)21-16(2,3)4/h5-6,9,12-13,17-18H,7-8,10-11H2,1-4H3/t12-/m1/s1. The molecule has 0 aliphatic carbocycles. The third-order valence-electron chi connectivity index (χ3n) is 3.72. The quantitative estimate of drug-likeness (QED) is 0.900. The molecule has 2 rings (SSSR count). The van der Waals surface area contributed by atoms with Gasteiger partial charge in [-0.15, -0.1) is 0 Å². The maximum absolute atomic E-state index is 12.0. The summed E-state index contributed by atoms with van der Waals surface area (Å²) in [7, 11) is 0. The predicted molar refractivity (Wildman–Crippen MR) is 83.2 cm³/mol. The van der Waals surface area contributed by atoms with Crippen molar-refractivity contribution in [2.45, 2.75) is 58.2 Å². The largest absolute Gasteiger partial charge is 0.444 e. The number of hydrogen-bond donors (Lipinski definition) is 2. The number of nitrogens with one attached hydrogen (secondary N) is 2. The van der Waals surface area contributed by atoms with Gasteiger partial charge in [0.1, 0.15) is 5.60 Å². The first-order chi connectivity index (χ1) is 9.85. The molecule has 1 atom stereocenters. The SMILES string of the molecule is C[C@@H](NC1CCN(C(=O)OC(C)(C)C)CC1)c1ccc[nH]1. The second kappa shape index (κ2) is 6.52. The summed E-state index contributed by atoms with van der Waals surface area (Å²) < 4.78 is 5.41. The smallest absolute Gasteiger partial charge is 0.410 e. The normalized spacial score (nSPS) is 18.6. The van der Waals surface area contributed by atoms with Gasteiger partial charge in [0.05, 0.1) is 0 Å². The molecule has 0 unspecified atom stereocenters. The molecule has 1 fully saturated rings. The number of hydrogen-bond acceptors (Lipinski definition) is 3. The van der Waals surface area contributed by atoms with Gasteiger partial charge in [-0.25, -0.2) is 4.79 Å². The first-order valence-electron chi connectivity index (χ1n) is 7.72. The van der Waals surface area contributed by atoms with E-state index >= 15 is 0 Å². The van der Waals surface area contributed by atoms with E-state index in [1.807, 2.05) is 37.9 Å². The Morgan fingerprint density at radius 3 is 2.62 bits per heavy atom. The molecule has 5 heteroatoms. The Labute approximate surface area is 127 Å². The zero-order valence-electron chi connectivity index (χ0n) is 13.5. The number of nitrogens with zero attached hydrogens (tertiary/aromatic N) is 1. The van der Waals surface area contributed by atoms with Crippen LogP contribution in [0.1, 0.15) is 52.3 Å². The Balaban J connectivity index is 1.77. The summed E-state index contributed by atoms with van der Waals surface area (Å²) in [5.74, 6) is 0. The molecule has 0 saturated carbocycles. The summed E-state index contributed by atoms with van der Waals surface area (Å²) in [6, 6.07) is 4.85. The second-order valence-corrected chi connectivity index (χ2v) is 6.76. The first kappa shape index (κ1) is 15.9. The van der Waals surface area contributed by atoms with Gasteiger partial charge in [-0.05, 0) is 52.7 Å². The monoisotopic (exact) mass is 293 g/mol. The Morgan fingerprint density at radius 2 is 2.10 bits per heavy atom. The number of piperidine rings is 1. The molecule has 2 heterocycles.